The van der Waals surface area contributed by atoms with Crippen LogP contribution in [0.3, 0.4) is 0 Å². The van der Waals surface area contributed by atoms with Crippen LogP contribution in [0.4, 0.5) is 17.3 Å². The number of halogens is 1. The topological polar surface area (TPSA) is 101 Å². The lowest BCUT2D eigenvalue weighted by Crippen LogP contribution is -2.08. The number of rotatable bonds is 6. The van der Waals surface area contributed by atoms with Gasteiger partial charge in [0.15, 0.2) is 9.84 Å². The minimum atomic E-state index is -3.52. The Labute approximate surface area is 202 Å². The number of hydrogen-bond acceptors (Lipinski definition) is 6. The highest BCUT2D eigenvalue weighted by molar-refractivity contribution is 7.90. The van der Waals surface area contributed by atoms with Gasteiger partial charge >= 0.3 is 0 Å². The van der Waals surface area contributed by atoms with Gasteiger partial charge in [0.05, 0.1) is 21.8 Å². The van der Waals surface area contributed by atoms with Gasteiger partial charge in [0.25, 0.3) is 0 Å². The van der Waals surface area contributed by atoms with Crippen molar-refractivity contribution in [2.75, 3.05) is 16.9 Å². The summed E-state index contributed by atoms with van der Waals surface area (Å²) in [6, 6.07) is 22.2. The van der Waals surface area contributed by atoms with E-state index in [9.17, 15) is 13.2 Å². The van der Waals surface area contributed by atoms with Gasteiger partial charge in [-0.05, 0) is 35.4 Å². The third-order valence-electron chi connectivity index (χ3n) is 4.90. The molecular weight excluding hydrogens is 472 g/mol. The molecule has 0 bridgehead atoms. The number of hydrogen-bond donors (Lipinski definition) is 2. The molecule has 172 valence electrons. The van der Waals surface area contributed by atoms with E-state index in [-0.39, 0.29) is 16.8 Å². The van der Waals surface area contributed by atoms with Gasteiger partial charge in [-0.25, -0.2) is 18.4 Å². The fourth-order valence-corrected chi connectivity index (χ4v) is 4.28. The predicted molar refractivity (Wildman–Crippen MR) is 135 cm³/mol. The lowest BCUT2D eigenvalue weighted by molar-refractivity contribution is -0.114. The van der Waals surface area contributed by atoms with Crippen LogP contribution in [0.1, 0.15) is 6.92 Å². The molecule has 2 N–H and O–H groups in total. The number of anilines is 3. The third-order valence-corrected chi connectivity index (χ3v) is 6.27. The maximum Gasteiger partial charge on any atom is 0.227 e. The summed E-state index contributed by atoms with van der Waals surface area (Å²) in [4.78, 5) is 20.3. The van der Waals surface area contributed by atoms with Crippen LogP contribution in [0.25, 0.3) is 22.4 Å². The van der Waals surface area contributed by atoms with Gasteiger partial charge in [0, 0.05) is 30.1 Å². The fraction of sp³-hybridized carbons (Fsp3) is 0.0800. The first-order chi connectivity index (χ1) is 16.2. The molecule has 7 nitrogen and oxygen atoms in total. The number of aromatic nitrogens is 2. The maximum atomic E-state index is 12.1. The highest BCUT2D eigenvalue weighted by atomic mass is 35.5. The average Bonchev–Trinajstić information content (AvgIpc) is 2.80. The highest BCUT2D eigenvalue weighted by Crippen LogP contribution is 2.31. The van der Waals surface area contributed by atoms with Gasteiger partial charge in [0.2, 0.25) is 11.9 Å². The molecule has 3 aromatic carbocycles. The largest absolute Gasteiger partial charge is 0.326 e. The van der Waals surface area contributed by atoms with E-state index in [1.54, 1.807) is 6.07 Å². The molecule has 0 saturated heterocycles. The third kappa shape index (κ3) is 5.59. The summed E-state index contributed by atoms with van der Waals surface area (Å²) in [5, 5.41) is 6.00. The molecule has 4 rings (SSSR count). The number of amides is 1. The molecule has 34 heavy (non-hydrogen) atoms. The Kier molecular flexibility index (Phi) is 6.63. The molecular formula is C25H21ClN4O3S. The number of nitrogens with zero attached hydrogens (tertiary/aromatic N) is 2. The SMILES string of the molecule is CC(=O)Nc1cc(Nc2ncc(Cl)c(-c3cccc(-c4ccccc4)c3)n2)cc(S(C)(=O)=O)c1. The zero-order chi connectivity index (χ0) is 24.3. The van der Waals surface area contributed by atoms with Crippen LogP contribution in [-0.4, -0.2) is 30.5 Å². The lowest BCUT2D eigenvalue weighted by atomic mass is 10.0. The second kappa shape index (κ2) is 9.62. The Balaban J connectivity index is 1.71. The number of benzene rings is 3. The van der Waals surface area contributed by atoms with Crippen LogP contribution in [-0.2, 0) is 14.6 Å². The Morgan fingerprint density at radius 3 is 2.26 bits per heavy atom. The zero-order valence-corrected chi connectivity index (χ0v) is 20.0. The van der Waals surface area contributed by atoms with Crippen LogP contribution in [0, 0.1) is 0 Å². The molecule has 0 spiro atoms. The van der Waals surface area contributed by atoms with E-state index in [4.69, 9.17) is 11.6 Å². The van der Waals surface area contributed by atoms with Crippen LogP contribution in [0.15, 0.2) is 83.9 Å². The quantitative estimate of drug-likeness (QED) is 0.365. The molecule has 9 heteroatoms. The summed E-state index contributed by atoms with van der Waals surface area (Å²) in [7, 11) is -3.52. The Hall–Kier alpha value is -3.75. The Morgan fingerprint density at radius 2 is 1.56 bits per heavy atom. The summed E-state index contributed by atoms with van der Waals surface area (Å²) in [5.41, 5.74) is 4.15. The van der Waals surface area contributed by atoms with Gasteiger partial charge in [0.1, 0.15) is 0 Å². The van der Waals surface area contributed by atoms with E-state index in [2.05, 4.69) is 20.6 Å². The molecule has 0 unspecified atom stereocenters. The minimum Gasteiger partial charge on any atom is -0.326 e. The molecule has 0 aliphatic carbocycles. The number of nitrogens with one attached hydrogen (secondary N) is 2. The molecule has 0 fully saturated rings. The van der Waals surface area contributed by atoms with Gasteiger partial charge in [-0.3, -0.25) is 4.79 Å². The van der Waals surface area contributed by atoms with Crippen LogP contribution in [0.2, 0.25) is 5.02 Å². The van der Waals surface area contributed by atoms with Crippen molar-refractivity contribution >= 4 is 44.7 Å². The van der Waals surface area contributed by atoms with Gasteiger partial charge in [-0.1, -0.05) is 60.1 Å². The number of carbonyl (C=O) groups excluding carboxylic acids is 1. The van der Waals surface area contributed by atoms with E-state index in [1.165, 1.54) is 25.3 Å². The van der Waals surface area contributed by atoms with Crippen molar-refractivity contribution in [3.8, 4) is 22.4 Å². The minimum absolute atomic E-state index is 0.0472. The van der Waals surface area contributed by atoms with E-state index >= 15 is 0 Å². The molecule has 0 saturated carbocycles. The van der Waals surface area contributed by atoms with Crippen LogP contribution >= 0.6 is 11.6 Å². The van der Waals surface area contributed by atoms with Crippen LogP contribution in [0.5, 0.6) is 0 Å². The van der Waals surface area contributed by atoms with E-state index < -0.39 is 9.84 Å². The van der Waals surface area contributed by atoms with Gasteiger partial charge in [-0.15, -0.1) is 0 Å². The molecule has 0 aliphatic rings. The average molecular weight is 493 g/mol. The van der Waals surface area contributed by atoms with E-state index in [1.807, 2.05) is 54.6 Å². The first kappa shape index (κ1) is 23.4. The van der Waals surface area contributed by atoms with Crippen molar-refractivity contribution in [2.24, 2.45) is 0 Å². The molecule has 1 aromatic heterocycles. The molecule has 0 radical (unpaired) electrons. The van der Waals surface area contributed by atoms with Crippen molar-refractivity contribution in [1.29, 1.82) is 0 Å². The molecule has 1 heterocycles. The Bertz CT molecular complexity index is 1470. The van der Waals surface area contributed by atoms with Crippen molar-refractivity contribution in [3.05, 3.63) is 84.0 Å². The van der Waals surface area contributed by atoms with Crippen molar-refractivity contribution in [1.82, 2.24) is 9.97 Å². The van der Waals surface area contributed by atoms with E-state index in [0.29, 0.717) is 22.1 Å². The summed E-state index contributed by atoms with van der Waals surface area (Å²) >= 11 is 6.42. The predicted octanol–water partition coefficient (Wildman–Crippen LogP) is 5.57. The molecule has 1 amide bonds. The highest BCUT2D eigenvalue weighted by Gasteiger charge is 2.14. The number of carbonyl (C=O) groups is 1. The summed E-state index contributed by atoms with van der Waals surface area (Å²) in [6.45, 7) is 1.35. The lowest BCUT2D eigenvalue weighted by Gasteiger charge is -2.12. The van der Waals surface area contributed by atoms with E-state index in [0.717, 1.165) is 22.9 Å². The van der Waals surface area contributed by atoms with Crippen molar-refractivity contribution in [2.45, 2.75) is 11.8 Å². The maximum absolute atomic E-state index is 12.1. The van der Waals surface area contributed by atoms with Crippen molar-refractivity contribution < 1.29 is 13.2 Å². The first-order valence-electron chi connectivity index (χ1n) is 10.3. The zero-order valence-electron chi connectivity index (χ0n) is 18.4. The van der Waals surface area contributed by atoms with Gasteiger partial charge in [-0.2, -0.15) is 0 Å². The molecule has 0 atom stereocenters. The summed E-state index contributed by atoms with van der Waals surface area (Å²) < 4.78 is 24.2. The molecule has 0 aliphatic heterocycles. The number of sulfone groups is 1. The second-order valence-electron chi connectivity index (χ2n) is 7.66. The smallest absolute Gasteiger partial charge is 0.227 e. The monoisotopic (exact) mass is 492 g/mol. The Morgan fingerprint density at radius 1 is 0.882 bits per heavy atom. The fourth-order valence-electron chi connectivity index (χ4n) is 3.40. The first-order valence-corrected chi connectivity index (χ1v) is 12.5. The van der Waals surface area contributed by atoms with Gasteiger partial charge < -0.3 is 10.6 Å². The van der Waals surface area contributed by atoms with Crippen molar-refractivity contribution in [3.63, 3.8) is 0 Å². The standard InChI is InChI=1S/C25H21ClN4O3S/c1-16(31)28-20-12-21(14-22(13-20)34(2,32)33)29-25-27-15-23(26)24(30-25)19-10-6-9-18(11-19)17-7-4-3-5-8-17/h3-15H,1-2H3,(H,28,31)(H,27,29,30). The van der Waals surface area contributed by atoms with Crippen LogP contribution < -0.4 is 10.6 Å². The second-order valence-corrected chi connectivity index (χ2v) is 10.1. The summed E-state index contributed by atoms with van der Waals surface area (Å²) in [5.74, 6) is -0.0936. The molecule has 4 aromatic rings. The summed E-state index contributed by atoms with van der Waals surface area (Å²) in [6.07, 6.45) is 2.58. The normalized spacial score (nSPS) is 11.1.